The van der Waals surface area contributed by atoms with Crippen molar-refractivity contribution in [2.45, 2.75) is 30.8 Å². The van der Waals surface area contributed by atoms with Crippen LogP contribution in [0.3, 0.4) is 0 Å². The Morgan fingerprint density at radius 1 is 1.15 bits per heavy atom. The average Bonchev–Trinajstić information content (AvgIpc) is 2.74. The zero-order valence-electron chi connectivity index (χ0n) is 17.1. The van der Waals surface area contributed by atoms with Gasteiger partial charge in [0, 0.05) is 11.6 Å². The number of benzene rings is 2. The molecule has 1 saturated heterocycles. The molecule has 6 nitrogen and oxygen atoms in total. The molecule has 3 atom stereocenters. The number of carbonyl (C=O) groups excluding carboxylic acids is 1. The van der Waals surface area contributed by atoms with Gasteiger partial charge in [0.2, 0.25) is 0 Å². The molecule has 1 fully saturated rings. The minimum absolute atomic E-state index is 0.0894. The minimum Gasteiger partial charge on any atom is -0.481 e. The first-order valence-corrected chi connectivity index (χ1v) is 9.84. The van der Waals surface area contributed by atoms with Crippen molar-refractivity contribution in [3.05, 3.63) is 71.3 Å². The van der Waals surface area contributed by atoms with Gasteiger partial charge < -0.3 is 19.9 Å². The van der Waals surface area contributed by atoms with Crippen LogP contribution < -0.4 is 5.32 Å². The number of rotatable bonds is 7. The van der Waals surface area contributed by atoms with Gasteiger partial charge in [-0.3, -0.25) is 9.59 Å². The molecule has 1 amide bonds. The topological polar surface area (TPSA) is 84.9 Å². The van der Waals surface area contributed by atoms with E-state index >= 15 is 0 Å². The Kier molecular flexibility index (Phi) is 7.33. The molecular formula is C22H20F5NO5. The highest BCUT2D eigenvalue weighted by molar-refractivity contribution is 5.84. The van der Waals surface area contributed by atoms with Gasteiger partial charge in [-0.25, -0.2) is 8.78 Å². The molecule has 0 unspecified atom stereocenters. The van der Waals surface area contributed by atoms with E-state index in [1.807, 2.05) is 6.07 Å². The predicted molar refractivity (Wildman–Crippen MR) is 104 cm³/mol. The standard InChI is InChI=1S/C22H20F5NO5/c23-14-6-7-16(18(24)8-14)21(28-20(31)22(25,26)27)12-33-15(9-17(21)19(29)30)11-32-10-13-4-2-1-3-5-13/h1-8,15,17H,9-12H2,(H,28,31)(H,29,30)/t15-,17+,21-/m1/s1. The van der Waals surface area contributed by atoms with Gasteiger partial charge in [-0.2, -0.15) is 13.2 Å². The van der Waals surface area contributed by atoms with Gasteiger partial charge in [0.05, 0.1) is 31.8 Å². The van der Waals surface area contributed by atoms with E-state index in [2.05, 4.69) is 0 Å². The number of hydrogen-bond donors (Lipinski definition) is 2. The van der Waals surface area contributed by atoms with E-state index in [1.165, 1.54) is 0 Å². The second kappa shape index (κ2) is 9.84. The maximum Gasteiger partial charge on any atom is 0.471 e. The fourth-order valence-electron chi connectivity index (χ4n) is 3.77. The van der Waals surface area contributed by atoms with Gasteiger partial charge >= 0.3 is 18.1 Å². The smallest absolute Gasteiger partial charge is 0.471 e. The summed E-state index contributed by atoms with van der Waals surface area (Å²) in [6.45, 7) is -0.706. The third-order valence-electron chi connectivity index (χ3n) is 5.36. The van der Waals surface area contributed by atoms with Crippen LogP contribution in [0.25, 0.3) is 0 Å². The molecule has 0 bridgehead atoms. The molecule has 2 N–H and O–H groups in total. The fourth-order valence-corrected chi connectivity index (χ4v) is 3.77. The highest BCUT2D eigenvalue weighted by atomic mass is 19.4. The number of carboxylic acids is 1. The van der Waals surface area contributed by atoms with Crippen LogP contribution in [0.1, 0.15) is 17.5 Å². The van der Waals surface area contributed by atoms with Gasteiger partial charge in [0.25, 0.3) is 0 Å². The van der Waals surface area contributed by atoms with Crippen LogP contribution in [0.15, 0.2) is 48.5 Å². The molecule has 0 aliphatic carbocycles. The number of ether oxygens (including phenoxy) is 2. The quantitative estimate of drug-likeness (QED) is 0.601. The first-order chi connectivity index (χ1) is 15.5. The summed E-state index contributed by atoms with van der Waals surface area (Å²) in [6, 6.07) is 11.0. The zero-order valence-corrected chi connectivity index (χ0v) is 17.1. The van der Waals surface area contributed by atoms with E-state index in [-0.39, 0.29) is 19.6 Å². The molecule has 0 spiro atoms. The first kappa shape index (κ1) is 24.6. The van der Waals surface area contributed by atoms with Gasteiger partial charge in [-0.1, -0.05) is 36.4 Å². The Morgan fingerprint density at radius 2 is 1.85 bits per heavy atom. The lowest BCUT2D eigenvalue weighted by atomic mass is 9.73. The SMILES string of the molecule is O=C(O)[C@@H]1C[C@H](COCc2ccccc2)OC[C@@]1(NC(=O)C(F)(F)F)c1ccc(F)cc1F. The lowest BCUT2D eigenvalue weighted by molar-refractivity contribution is -0.184. The Balaban J connectivity index is 1.87. The number of nitrogens with one attached hydrogen (secondary N) is 1. The Labute approximate surface area is 185 Å². The average molecular weight is 473 g/mol. The summed E-state index contributed by atoms with van der Waals surface area (Å²) in [7, 11) is 0. The van der Waals surface area contributed by atoms with Crippen molar-refractivity contribution in [1.82, 2.24) is 5.32 Å². The number of carboxylic acid groups (broad SMARTS) is 1. The van der Waals surface area contributed by atoms with E-state index in [0.717, 1.165) is 17.7 Å². The fraction of sp³-hybridized carbons (Fsp3) is 0.364. The van der Waals surface area contributed by atoms with Crippen molar-refractivity contribution < 1.29 is 46.1 Å². The van der Waals surface area contributed by atoms with Crippen LogP contribution in [0.4, 0.5) is 22.0 Å². The summed E-state index contributed by atoms with van der Waals surface area (Å²) in [5, 5.41) is 11.4. The van der Waals surface area contributed by atoms with Crippen LogP contribution in [0, 0.1) is 17.6 Å². The van der Waals surface area contributed by atoms with Crippen LogP contribution in [-0.2, 0) is 31.2 Å². The van der Waals surface area contributed by atoms with Crippen LogP contribution in [0.2, 0.25) is 0 Å². The van der Waals surface area contributed by atoms with Crippen molar-refractivity contribution >= 4 is 11.9 Å². The van der Waals surface area contributed by atoms with Crippen molar-refractivity contribution in [3.8, 4) is 0 Å². The van der Waals surface area contributed by atoms with Gasteiger partial charge in [-0.15, -0.1) is 0 Å². The number of alkyl halides is 3. The van der Waals surface area contributed by atoms with E-state index in [9.17, 15) is 36.6 Å². The maximum absolute atomic E-state index is 14.6. The monoisotopic (exact) mass is 473 g/mol. The largest absolute Gasteiger partial charge is 0.481 e. The van der Waals surface area contributed by atoms with Gasteiger partial charge in [-0.05, 0) is 18.1 Å². The van der Waals surface area contributed by atoms with Gasteiger partial charge in [0.15, 0.2) is 0 Å². The lowest BCUT2D eigenvalue weighted by Crippen LogP contribution is -2.62. The van der Waals surface area contributed by atoms with Crippen LogP contribution in [0.5, 0.6) is 0 Å². The van der Waals surface area contributed by atoms with E-state index in [1.54, 1.807) is 29.6 Å². The summed E-state index contributed by atoms with van der Waals surface area (Å²) in [6.07, 6.45) is -6.62. The molecule has 0 saturated carbocycles. The predicted octanol–water partition coefficient (Wildman–Crippen LogP) is 3.55. The number of halogens is 5. The van der Waals surface area contributed by atoms with E-state index < -0.39 is 59.4 Å². The lowest BCUT2D eigenvalue weighted by Gasteiger charge is -2.45. The summed E-state index contributed by atoms with van der Waals surface area (Å²) in [5.41, 5.74) is -2.22. The van der Waals surface area contributed by atoms with Gasteiger partial charge in [0.1, 0.15) is 17.2 Å². The molecule has 2 aromatic rings. The summed E-state index contributed by atoms with van der Waals surface area (Å²) in [5.74, 6) is -8.12. The third-order valence-corrected chi connectivity index (χ3v) is 5.36. The molecule has 0 aromatic heterocycles. The normalized spacial score (nSPS) is 23.2. The van der Waals surface area contributed by atoms with Crippen LogP contribution >= 0.6 is 0 Å². The van der Waals surface area contributed by atoms with E-state index in [0.29, 0.717) is 6.07 Å². The molecule has 3 rings (SSSR count). The summed E-state index contributed by atoms with van der Waals surface area (Å²) >= 11 is 0. The number of aliphatic carboxylic acids is 1. The summed E-state index contributed by atoms with van der Waals surface area (Å²) < 4.78 is 78.1. The number of amides is 1. The highest BCUT2D eigenvalue weighted by Gasteiger charge is 2.55. The van der Waals surface area contributed by atoms with Crippen molar-refractivity contribution in [1.29, 1.82) is 0 Å². The molecule has 11 heteroatoms. The van der Waals surface area contributed by atoms with Crippen LogP contribution in [-0.4, -0.2) is 42.5 Å². The molecule has 2 aromatic carbocycles. The second-order valence-electron chi connectivity index (χ2n) is 7.61. The molecular weight excluding hydrogens is 453 g/mol. The minimum atomic E-state index is -5.37. The second-order valence-corrected chi connectivity index (χ2v) is 7.61. The molecule has 33 heavy (non-hydrogen) atoms. The van der Waals surface area contributed by atoms with Crippen molar-refractivity contribution in [2.75, 3.05) is 13.2 Å². The first-order valence-electron chi connectivity index (χ1n) is 9.84. The molecule has 178 valence electrons. The molecule has 1 heterocycles. The zero-order chi connectivity index (χ0) is 24.2. The molecule has 0 radical (unpaired) electrons. The molecule has 1 aliphatic heterocycles. The highest BCUT2D eigenvalue weighted by Crippen LogP contribution is 2.40. The Bertz CT molecular complexity index is 1000. The Morgan fingerprint density at radius 3 is 2.45 bits per heavy atom. The third kappa shape index (κ3) is 5.66. The van der Waals surface area contributed by atoms with Crippen molar-refractivity contribution in [3.63, 3.8) is 0 Å². The van der Waals surface area contributed by atoms with E-state index in [4.69, 9.17) is 9.47 Å². The Hall–Kier alpha value is -3.05. The maximum atomic E-state index is 14.6. The number of carbonyl (C=O) groups is 2. The van der Waals surface area contributed by atoms with Crippen molar-refractivity contribution in [2.24, 2.45) is 5.92 Å². The summed E-state index contributed by atoms with van der Waals surface area (Å²) in [4.78, 5) is 23.8. The number of hydrogen-bond acceptors (Lipinski definition) is 4. The molecule has 1 aliphatic rings.